The third-order valence-electron chi connectivity index (χ3n) is 3.77. The molecule has 5 heteroatoms. The SMILES string of the molecule is Cl.O=C(NCCOC1CCCC1)C1CCNCC1. The van der Waals surface area contributed by atoms with Crippen LogP contribution in [0.1, 0.15) is 38.5 Å². The van der Waals surface area contributed by atoms with Gasteiger partial charge in [0, 0.05) is 12.5 Å². The van der Waals surface area contributed by atoms with Gasteiger partial charge in [-0.05, 0) is 38.8 Å². The largest absolute Gasteiger partial charge is 0.376 e. The fraction of sp³-hybridized carbons (Fsp3) is 0.923. The molecular formula is C13H25ClN2O2. The molecule has 0 aromatic rings. The Bertz CT molecular complexity index is 239. The lowest BCUT2D eigenvalue weighted by molar-refractivity contribution is -0.126. The highest BCUT2D eigenvalue weighted by Gasteiger charge is 2.20. The molecule has 0 unspecified atom stereocenters. The van der Waals surface area contributed by atoms with Crippen LogP contribution in [0.2, 0.25) is 0 Å². The van der Waals surface area contributed by atoms with Crippen LogP contribution < -0.4 is 10.6 Å². The molecular weight excluding hydrogens is 252 g/mol. The van der Waals surface area contributed by atoms with Gasteiger partial charge in [-0.2, -0.15) is 0 Å². The molecule has 2 fully saturated rings. The van der Waals surface area contributed by atoms with Crippen molar-refractivity contribution < 1.29 is 9.53 Å². The highest BCUT2D eigenvalue weighted by atomic mass is 35.5. The molecule has 2 aliphatic rings. The monoisotopic (exact) mass is 276 g/mol. The highest BCUT2D eigenvalue weighted by molar-refractivity contribution is 5.85. The molecule has 1 saturated heterocycles. The Morgan fingerprint density at radius 1 is 1.17 bits per heavy atom. The molecule has 1 aliphatic carbocycles. The predicted octanol–water partition coefficient (Wildman–Crippen LogP) is 1.48. The van der Waals surface area contributed by atoms with Crippen molar-refractivity contribution in [3.63, 3.8) is 0 Å². The molecule has 2 rings (SSSR count). The summed E-state index contributed by atoms with van der Waals surface area (Å²) in [6.45, 7) is 3.27. The molecule has 0 bridgehead atoms. The van der Waals surface area contributed by atoms with Crippen molar-refractivity contribution in [3.8, 4) is 0 Å². The highest BCUT2D eigenvalue weighted by Crippen LogP contribution is 2.20. The fourth-order valence-corrected chi connectivity index (χ4v) is 2.68. The minimum absolute atomic E-state index is 0. The van der Waals surface area contributed by atoms with Gasteiger partial charge >= 0.3 is 0 Å². The van der Waals surface area contributed by atoms with Crippen LogP contribution in [0.25, 0.3) is 0 Å². The van der Waals surface area contributed by atoms with E-state index >= 15 is 0 Å². The minimum atomic E-state index is 0. The summed E-state index contributed by atoms with van der Waals surface area (Å²) in [6, 6.07) is 0. The lowest BCUT2D eigenvalue weighted by atomic mass is 9.97. The maximum Gasteiger partial charge on any atom is 0.223 e. The summed E-state index contributed by atoms with van der Waals surface area (Å²) in [6.07, 6.45) is 7.37. The van der Waals surface area contributed by atoms with Crippen LogP contribution in [0.5, 0.6) is 0 Å². The summed E-state index contributed by atoms with van der Waals surface area (Å²) in [7, 11) is 0. The van der Waals surface area contributed by atoms with Gasteiger partial charge in [-0.25, -0.2) is 0 Å². The number of hydrogen-bond donors (Lipinski definition) is 2. The zero-order valence-electron chi connectivity index (χ0n) is 11.0. The second kappa shape index (κ2) is 8.73. The van der Waals surface area contributed by atoms with Crippen molar-refractivity contribution in [2.75, 3.05) is 26.2 Å². The molecule has 0 spiro atoms. The van der Waals surface area contributed by atoms with E-state index in [-0.39, 0.29) is 24.2 Å². The predicted molar refractivity (Wildman–Crippen MR) is 74.1 cm³/mol. The van der Waals surface area contributed by atoms with E-state index in [1.54, 1.807) is 0 Å². The van der Waals surface area contributed by atoms with Gasteiger partial charge in [0.1, 0.15) is 0 Å². The summed E-state index contributed by atoms with van der Waals surface area (Å²) in [4.78, 5) is 11.8. The Morgan fingerprint density at radius 2 is 1.83 bits per heavy atom. The molecule has 2 N–H and O–H groups in total. The molecule has 18 heavy (non-hydrogen) atoms. The van der Waals surface area contributed by atoms with Crippen molar-refractivity contribution in [1.82, 2.24) is 10.6 Å². The summed E-state index contributed by atoms with van der Waals surface area (Å²) >= 11 is 0. The maximum atomic E-state index is 11.8. The van der Waals surface area contributed by atoms with Gasteiger partial charge < -0.3 is 15.4 Å². The first-order valence-corrected chi connectivity index (χ1v) is 6.96. The first kappa shape index (κ1) is 15.7. The van der Waals surface area contributed by atoms with Crippen LogP contribution in [0.15, 0.2) is 0 Å². The van der Waals surface area contributed by atoms with Crippen LogP contribution in [0, 0.1) is 5.92 Å². The number of carbonyl (C=O) groups is 1. The quantitative estimate of drug-likeness (QED) is 0.748. The van der Waals surface area contributed by atoms with E-state index in [1.165, 1.54) is 25.7 Å². The van der Waals surface area contributed by atoms with E-state index in [2.05, 4.69) is 10.6 Å². The zero-order chi connectivity index (χ0) is 11.9. The van der Waals surface area contributed by atoms with Gasteiger partial charge in [-0.1, -0.05) is 12.8 Å². The van der Waals surface area contributed by atoms with E-state index in [0.717, 1.165) is 25.9 Å². The number of piperidine rings is 1. The first-order chi connectivity index (χ1) is 8.36. The molecule has 1 aliphatic heterocycles. The molecule has 1 heterocycles. The average Bonchev–Trinajstić information content (AvgIpc) is 2.88. The zero-order valence-corrected chi connectivity index (χ0v) is 11.8. The van der Waals surface area contributed by atoms with Crippen molar-refractivity contribution in [1.29, 1.82) is 0 Å². The summed E-state index contributed by atoms with van der Waals surface area (Å²) < 4.78 is 5.71. The van der Waals surface area contributed by atoms with E-state index in [4.69, 9.17) is 4.74 Å². The second-order valence-corrected chi connectivity index (χ2v) is 5.09. The number of amides is 1. The number of halogens is 1. The van der Waals surface area contributed by atoms with Crippen molar-refractivity contribution in [3.05, 3.63) is 0 Å². The Balaban J connectivity index is 0.00000162. The Labute approximate surface area is 116 Å². The van der Waals surface area contributed by atoms with Gasteiger partial charge in [-0.15, -0.1) is 12.4 Å². The van der Waals surface area contributed by atoms with Gasteiger partial charge in [0.2, 0.25) is 5.91 Å². The summed E-state index contributed by atoms with van der Waals surface area (Å²) in [5.74, 6) is 0.421. The number of rotatable bonds is 5. The second-order valence-electron chi connectivity index (χ2n) is 5.09. The molecule has 0 radical (unpaired) electrons. The lowest BCUT2D eigenvalue weighted by Crippen LogP contribution is -2.39. The maximum absolute atomic E-state index is 11.8. The van der Waals surface area contributed by atoms with Gasteiger partial charge in [0.25, 0.3) is 0 Å². The normalized spacial score (nSPS) is 21.6. The third-order valence-corrected chi connectivity index (χ3v) is 3.77. The van der Waals surface area contributed by atoms with Crippen LogP contribution in [0.4, 0.5) is 0 Å². The van der Waals surface area contributed by atoms with E-state index in [1.807, 2.05) is 0 Å². The van der Waals surface area contributed by atoms with Crippen molar-refractivity contribution in [2.45, 2.75) is 44.6 Å². The summed E-state index contributed by atoms with van der Waals surface area (Å²) in [5.41, 5.74) is 0. The molecule has 0 aromatic carbocycles. The topological polar surface area (TPSA) is 50.4 Å². The standard InChI is InChI=1S/C13H24N2O2.ClH/c16-13(11-5-7-14-8-6-11)15-9-10-17-12-3-1-2-4-12;/h11-12,14H,1-10H2,(H,15,16);1H. The molecule has 4 nitrogen and oxygen atoms in total. The molecule has 1 amide bonds. The van der Waals surface area contributed by atoms with E-state index in [9.17, 15) is 4.79 Å². The number of ether oxygens (including phenoxy) is 1. The molecule has 106 valence electrons. The molecule has 1 saturated carbocycles. The first-order valence-electron chi connectivity index (χ1n) is 6.96. The van der Waals surface area contributed by atoms with Crippen molar-refractivity contribution >= 4 is 18.3 Å². The van der Waals surface area contributed by atoms with Gasteiger partial charge in [-0.3, -0.25) is 4.79 Å². The third kappa shape index (κ3) is 5.12. The van der Waals surface area contributed by atoms with Crippen molar-refractivity contribution in [2.24, 2.45) is 5.92 Å². The van der Waals surface area contributed by atoms with Crippen LogP contribution in [-0.2, 0) is 9.53 Å². The molecule has 0 atom stereocenters. The Hall–Kier alpha value is -0.320. The Kier molecular flexibility index (Phi) is 7.63. The number of carbonyl (C=O) groups excluding carboxylic acids is 1. The van der Waals surface area contributed by atoms with Crippen LogP contribution >= 0.6 is 12.4 Å². The number of hydrogen-bond acceptors (Lipinski definition) is 3. The minimum Gasteiger partial charge on any atom is -0.376 e. The Morgan fingerprint density at radius 3 is 2.50 bits per heavy atom. The van der Waals surface area contributed by atoms with E-state index in [0.29, 0.717) is 19.3 Å². The summed E-state index contributed by atoms with van der Waals surface area (Å²) in [5, 5.41) is 6.25. The van der Waals surface area contributed by atoms with Crippen LogP contribution in [-0.4, -0.2) is 38.3 Å². The molecule has 0 aromatic heterocycles. The van der Waals surface area contributed by atoms with Crippen LogP contribution in [0.3, 0.4) is 0 Å². The van der Waals surface area contributed by atoms with Gasteiger partial charge in [0.05, 0.1) is 12.7 Å². The van der Waals surface area contributed by atoms with Gasteiger partial charge in [0.15, 0.2) is 0 Å². The van der Waals surface area contributed by atoms with E-state index < -0.39 is 0 Å². The number of nitrogens with one attached hydrogen (secondary N) is 2. The fourth-order valence-electron chi connectivity index (χ4n) is 2.68. The lowest BCUT2D eigenvalue weighted by Gasteiger charge is -2.21. The average molecular weight is 277 g/mol. The smallest absolute Gasteiger partial charge is 0.223 e.